The Labute approximate surface area is 148 Å². The zero-order chi connectivity index (χ0) is 16.2. The van der Waals surface area contributed by atoms with Gasteiger partial charge in [-0.1, -0.05) is 47.7 Å². The van der Waals surface area contributed by atoms with Gasteiger partial charge in [0.25, 0.3) is 0 Å². The summed E-state index contributed by atoms with van der Waals surface area (Å²) in [7, 11) is 0. The number of hydrogen-bond acceptors (Lipinski definition) is 3. The van der Waals surface area contributed by atoms with Crippen molar-refractivity contribution in [2.45, 2.75) is 23.8 Å². The number of furan rings is 1. The average Bonchev–Trinajstić information content (AvgIpc) is 2.89. The Bertz CT molecular complexity index is 837. The molecule has 0 aliphatic carbocycles. The minimum absolute atomic E-state index is 0.731. The van der Waals surface area contributed by atoms with Gasteiger partial charge in [-0.2, -0.15) is 0 Å². The number of aryl methyl sites for hydroxylation is 2. The van der Waals surface area contributed by atoms with Crippen LogP contribution in [0.4, 0.5) is 5.69 Å². The fourth-order valence-electron chi connectivity index (χ4n) is 2.06. The predicted octanol–water partition coefficient (Wildman–Crippen LogP) is 6.56. The van der Waals surface area contributed by atoms with Crippen LogP contribution in [-0.4, -0.2) is 6.21 Å². The molecular formula is C19H16BrNOS. The van der Waals surface area contributed by atoms with Gasteiger partial charge in [-0.25, -0.2) is 0 Å². The van der Waals surface area contributed by atoms with E-state index >= 15 is 0 Å². The summed E-state index contributed by atoms with van der Waals surface area (Å²) >= 11 is 5.15. The summed E-state index contributed by atoms with van der Waals surface area (Å²) in [5.41, 5.74) is 3.34. The molecule has 3 aromatic rings. The third kappa shape index (κ3) is 4.15. The molecule has 1 aromatic heterocycles. The van der Waals surface area contributed by atoms with Crippen molar-refractivity contribution in [1.82, 2.24) is 0 Å². The fourth-order valence-corrected chi connectivity index (χ4v) is 3.39. The Balaban J connectivity index is 1.78. The number of benzene rings is 2. The summed E-state index contributed by atoms with van der Waals surface area (Å²) in [4.78, 5) is 5.65. The highest BCUT2D eigenvalue weighted by Gasteiger charge is 2.09. The van der Waals surface area contributed by atoms with E-state index in [-0.39, 0.29) is 0 Å². The first-order chi connectivity index (χ1) is 11.1. The highest BCUT2D eigenvalue weighted by Crippen LogP contribution is 2.35. The van der Waals surface area contributed by atoms with Crippen LogP contribution >= 0.6 is 27.7 Å². The SMILES string of the molecule is Cc1ccc(Sc2oc(C=Nc3ccccc3C)cc2Br)cc1. The third-order valence-corrected chi connectivity index (χ3v) is 5.20. The van der Waals surface area contributed by atoms with Crippen LogP contribution in [0.25, 0.3) is 0 Å². The first kappa shape index (κ1) is 16.1. The van der Waals surface area contributed by atoms with Crippen molar-refractivity contribution >= 4 is 39.6 Å². The molecule has 23 heavy (non-hydrogen) atoms. The molecule has 116 valence electrons. The minimum Gasteiger partial charge on any atom is -0.447 e. The highest BCUT2D eigenvalue weighted by molar-refractivity contribution is 9.10. The van der Waals surface area contributed by atoms with Crippen LogP contribution in [0, 0.1) is 13.8 Å². The van der Waals surface area contributed by atoms with E-state index in [1.807, 2.05) is 37.3 Å². The Hall–Kier alpha value is -1.78. The molecule has 4 heteroatoms. The summed E-state index contributed by atoms with van der Waals surface area (Å²) in [5.74, 6) is 0.731. The number of halogens is 1. The Morgan fingerprint density at radius 1 is 1.04 bits per heavy atom. The zero-order valence-corrected chi connectivity index (χ0v) is 15.3. The molecule has 0 saturated carbocycles. The van der Waals surface area contributed by atoms with Gasteiger partial charge in [-0.15, -0.1) is 0 Å². The Kier molecular flexibility index (Phi) is 5.03. The van der Waals surface area contributed by atoms with Gasteiger partial charge in [-0.3, -0.25) is 4.99 Å². The molecule has 0 saturated heterocycles. The van der Waals surface area contributed by atoms with Crippen LogP contribution in [0.2, 0.25) is 0 Å². The van der Waals surface area contributed by atoms with Gasteiger partial charge in [0.05, 0.1) is 16.4 Å². The van der Waals surface area contributed by atoms with Crippen molar-refractivity contribution in [3.05, 3.63) is 76.0 Å². The van der Waals surface area contributed by atoms with Crippen molar-refractivity contribution in [3.8, 4) is 0 Å². The highest BCUT2D eigenvalue weighted by atomic mass is 79.9. The van der Waals surface area contributed by atoms with Gasteiger partial charge in [0.1, 0.15) is 5.76 Å². The monoisotopic (exact) mass is 385 g/mol. The molecule has 0 bridgehead atoms. The molecular weight excluding hydrogens is 370 g/mol. The lowest BCUT2D eigenvalue weighted by Gasteiger charge is -1.99. The van der Waals surface area contributed by atoms with Crippen molar-refractivity contribution < 1.29 is 4.42 Å². The molecule has 0 atom stereocenters. The number of para-hydroxylation sites is 1. The first-order valence-electron chi connectivity index (χ1n) is 7.25. The lowest BCUT2D eigenvalue weighted by molar-refractivity contribution is 0.466. The van der Waals surface area contributed by atoms with Crippen molar-refractivity contribution in [3.63, 3.8) is 0 Å². The fraction of sp³-hybridized carbons (Fsp3) is 0.105. The molecule has 0 N–H and O–H groups in total. The first-order valence-corrected chi connectivity index (χ1v) is 8.86. The molecule has 0 aliphatic heterocycles. The standard InChI is InChI=1S/C19H16BrNOS/c1-13-7-9-16(10-8-13)23-19-17(20)11-15(22-19)12-21-18-6-4-3-5-14(18)2/h3-12H,1-2H3. The molecule has 0 aliphatic rings. The predicted molar refractivity (Wildman–Crippen MR) is 100 cm³/mol. The van der Waals surface area contributed by atoms with Crippen LogP contribution in [0.5, 0.6) is 0 Å². The van der Waals surface area contributed by atoms with Gasteiger partial charge in [0, 0.05) is 11.0 Å². The number of nitrogens with zero attached hydrogens (tertiary/aromatic N) is 1. The molecule has 0 fully saturated rings. The molecule has 2 aromatic carbocycles. The van der Waals surface area contributed by atoms with Gasteiger partial charge in [0.2, 0.25) is 0 Å². The maximum atomic E-state index is 5.88. The zero-order valence-electron chi connectivity index (χ0n) is 12.9. The van der Waals surface area contributed by atoms with E-state index < -0.39 is 0 Å². The molecule has 0 spiro atoms. The van der Waals surface area contributed by atoms with E-state index in [0.717, 1.165) is 31.5 Å². The maximum Gasteiger partial charge on any atom is 0.179 e. The second-order valence-corrected chi connectivity index (χ2v) is 7.14. The number of hydrogen-bond donors (Lipinski definition) is 0. The molecule has 1 heterocycles. The average molecular weight is 386 g/mol. The van der Waals surface area contributed by atoms with Crippen molar-refractivity contribution in [1.29, 1.82) is 0 Å². The van der Waals surface area contributed by atoms with Crippen LogP contribution in [0.1, 0.15) is 16.9 Å². The van der Waals surface area contributed by atoms with Crippen molar-refractivity contribution in [2.75, 3.05) is 0 Å². The lowest BCUT2D eigenvalue weighted by Crippen LogP contribution is -1.77. The second kappa shape index (κ2) is 7.20. The van der Waals surface area contributed by atoms with E-state index in [1.165, 1.54) is 5.56 Å². The van der Waals surface area contributed by atoms with E-state index in [9.17, 15) is 0 Å². The molecule has 0 radical (unpaired) electrons. The van der Waals surface area contributed by atoms with E-state index in [4.69, 9.17) is 4.42 Å². The topological polar surface area (TPSA) is 25.5 Å². The largest absolute Gasteiger partial charge is 0.447 e. The van der Waals surface area contributed by atoms with Crippen LogP contribution < -0.4 is 0 Å². The van der Waals surface area contributed by atoms with Gasteiger partial charge in [0.15, 0.2) is 5.09 Å². The smallest absolute Gasteiger partial charge is 0.179 e. The van der Waals surface area contributed by atoms with E-state index in [2.05, 4.69) is 52.1 Å². The Morgan fingerprint density at radius 2 is 1.78 bits per heavy atom. The molecule has 3 rings (SSSR count). The number of rotatable bonds is 4. The lowest BCUT2D eigenvalue weighted by atomic mass is 10.2. The van der Waals surface area contributed by atoms with Crippen LogP contribution in [-0.2, 0) is 0 Å². The third-order valence-electron chi connectivity index (χ3n) is 3.35. The summed E-state index contributed by atoms with van der Waals surface area (Å²) in [5, 5.41) is 0.833. The summed E-state index contributed by atoms with van der Waals surface area (Å²) in [6, 6.07) is 18.4. The van der Waals surface area contributed by atoms with Crippen LogP contribution in [0.3, 0.4) is 0 Å². The maximum absolute atomic E-state index is 5.88. The molecule has 2 nitrogen and oxygen atoms in total. The van der Waals surface area contributed by atoms with Gasteiger partial charge in [-0.05, 0) is 53.5 Å². The Morgan fingerprint density at radius 3 is 2.52 bits per heavy atom. The van der Waals surface area contributed by atoms with E-state index in [1.54, 1.807) is 18.0 Å². The van der Waals surface area contributed by atoms with Crippen LogP contribution in [0.15, 0.2) is 78.5 Å². The summed E-state index contributed by atoms with van der Waals surface area (Å²) in [6.07, 6.45) is 1.76. The summed E-state index contributed by atoms with van der Waals surface area (Å²) in [6.45, 7) is 4.13. The number of aliphatic imine (C=N–C) groups is 1. The minimum atomic E-state index is 0.731. The molecule has 0 unspecified atom stereocenters. The van der Waals surface area contributed by atoms with Gasteiger partial charge >= 0.3 is 0 Å². The van der Waals surface area contributed by atoms with Gasteiger partial charge < -0.3 is 4.42 Å². The van der Waals surface area contributed by atoms with E-state index in [0.29, 0.717) is 0 Å². The second-order valence-electron chi connectivity index (χ2n) is 5.24. The quantitative estimate of drug-likeness (QED) is 0.475. The summed E-state index contributed by atoms with van der Waals surface area (Å²) < 4.78 is 6.82. The van der Waals surface area contributed by atoms with Crippen molar-refractivity contribution in [2.24, 2.45) is 4.99 Å². The normalized spacial score (nSPS) is 11.3. The molecule has 0 amide bonds.